The van der Waals surface area contributed by atoms with Gasteiger partial charge in [0.1, 0.15) is 5.75 Å². The van der Waals surface area contributed by atoms with Crippen molar-refractivity contribution in [2.24, 2.45) is 0 Å². The summed E-state index contributed by atoms with van der Waals surface area (Å²) < 4.78 is 5.57. The number of urea groups is 1. The topological polar surface area (TPSA) is 70.7 Å². The van der Waals surface area contributed by atoms with E-state index in [1.165, 1.54) is 4.90 Å². The van der Waals surface area contributed by atoms with E-state index in [1.54, 1.807) is 38.4 Å². The Kier molecular flexibility index (Phi) is 6.86. The zero-order chi connectivity index (χ0) is 19.1. The molecule has 0 atom stereocenters. The van der Waals surface area contributed by atoms with Crippen LogP contribution in [0.15, 0.2) is 42.5 Å². The molecule has 0 radical (unpaired) electrons. The van der Waals surface area contributed by atoms with Crippen molar-refractivity contribution in [3.05, 3.63) is 58.6 Å². The molecule has 0 heterocycles. The van der Waals surface area contributed by atoms with E-state index in [9.17, 15) is 9.59 Å². The van der Waals surface area contributed by atoms with Gasteiger partial charge in [0, 0.05) is 25.7 Å². The number of hydrogen-bond acceptors (Lipinski definition) is 3. The second-order valence-corrected chi connectivity index (χ2v) is 6.45. The summed E-state index contributed by atoms with van der Waals surface area (Å²) >= 11 is 5.84. The van der Waals surface area contributed by atoms with Gasteiger partial charge in [0.2, 0.25) is 0 Å². The standard InChI is InChI=1S/C19H22ClN3O3/c1-13-4-9-16(17(10-13)26-12-18(24)23(2)3)22-19(25)21-11-14-5-7-15(20)8-6-14/h4-10H,11-12H2,1-3H3,(H2,21,22,25). The quantitative estimate of drug-likeness (QED) is 0.812. The van der Waals surface area contributed by atoms with Gasteiger partial charge in [0.25, 0.3) is 5.91 Å². The third-order valence-electron chi connectivity index (χ3n) is 3.60. The van der Waals surface area contributed by atoms with E-state index in [2.05, 4.69) is 10.6 Å². The van der Waals surface area contributed by atoms with Crippen LogP contribution in [0.25, 0.3) is 0 Å². The Morgan fingerprint density at radius 2 is 1.81 bits per heavy atom. The highest BCUT2D eigenvalue weighted by molar-refractivity contribution is 6.30. The van der Waals surface area contributed by atoms with Gasteiger partial charge >= 0.3 is 6.03 Å². The molecular formula is C19H22ClN3O3. The molecule has 0 saturated carbocycles. The fraction of sp³-hybridized carbons (Fsp3) is 0.263. The van der Waals surface area contributed by atoms with Crippen LogP contribution < -0.4 is 15.4 Å². The van der Waals surface area contributed by atoms with Crippen LogP contribution in [0.4, 0.5) is 10.5 Å². The SMILES string of the molecule is Cc1ccc(NC(=O)NCc2ccc(Cl)cc2)c(OCC(=O)N(C)C)c1. The molecule has 0 unspecified atom stereocenters. The molecule has 0 aromatic heterocycles. The predicted octanol–water partition coefficient (Wildman–Crippen LogP) is 3.44. The lowest BCUT2D eigenvalue weighted by Crippen LogP contribution is -2.29. The second-order valence-electron chi connectivity index (χ2n) is 6.01. The largest absolute Gasteiger partial charge is 0.482 e. The van der Waals surface area contributed by atoms with Crippen LogP contribution in [0, 0.1) is 6.92 Å². The molecule has 0 spiro atoms. The molecule has 0 aliphatic carbocycles. The van der Waals surface area contributed by atoms with Crippen LogP contribution in [0.2, 0.25) is 5.02 Å². The lowest BCUT2D eigenvalue weighted by atomic mass is 10.2. The van der Waals surface area contributed by atoms with Crippen LogP contribution >= 0.6 is 11.6 Å². The minimum atomic E-state index is -0.368. The highest BCUT2D eigenvalue weighted by Crippen LogP contribution is 2.25. The third-order valence-corrected chi connectivity index (χ3v) is 3.85. The monoisotopic (exact) mass is 375 g/mol. The first-order valence-electron chi connectivity index (χ1n) is 8.08. The van der Waals surface area contributed by atoms with E-state index in [4.69, 9.17) is 16.3 Å². The molecule has 0 saturated heterocycles. The molecule has 26 heavy (non-hydrogen) atoms. The summed E-state index contributed by atoms with van der Waals surface area (Å²) in [5, 5.41) is 6.16. The van der Waals surface area contributed by atoms with Gasteiger partial charge in [-0.25, -0.2) is 4.79 Å². The Morgan fingerprint density at radius 1 is 1.12 bits per heavy atom. The van der Waals surface area contributed by atoms with Crippen LogP contribution in [0.5, 0.6) is 5.75 Å². The molecule has 138 valence electrons. The summed E-state index contributed by atoms with van der Waals surface area (Å²) in [5.41, 5.74) is 2.39. The van der Waals surface area contributed by atoms with Crippen molar-refractivity contribution in [1.29, 1.82) is 0 Å². The normalized spacial score (nSPS) is 10.2. The molecule has 2 aromatic carbocycles. The van der Waals surface area contributed by atoms with Crippen molar-refractivity contribution in [2.45, 2.75) is 13.5 Å². The maximum Gasteiger partial charge on any atom is 0.319 e. The average molecular weight is 376 g/mol. The summed E-state index contributed by atoms with van der Waals surface area (Å²) in [6, 6.07) is 12.2. The molecule has 0 fully saturated rings. The Balaban J connectivity index is 1.97. The highest BCUT2D eigenvalue weighted by atomic mass is 35.5. The molecule has 0 aliphatic heterocycles. The molecular weight excluding hydrogens is 354 g/mol. The number of nitrogens with zero attached hydrogens (tertiary/aromatic N) is 1. The zero-order valence-electron chi connectivity index (χ0n) is 15.0. The van der Waals surface area contributed by atoms with E-state index in [1.807, 2.05) is 25.1 Å². The molecule has 7 heteroatoms. The zero-order valence-corrected chi connectivity index (χ0v) is 15.8. The van der Waals surface area contributed by atoms with Crippen LogP contribution in [0.3, 0.4) is 0 Å². The molecule has 2 N–H and O–H groups in total. The first-order chi connectivity index (χ1) is 12.3. The fourth-order valence-corrected chi connectivity index (χ4v) is 2.20. The van der Waals surface area contributed by atoms with Gasteiger partial charge < -0.3 is 20.3 Å². The summed E-state index contributed by atoms with van der Waals surface area (Å²) in [7, 11) is 3.32. The van der Waals surface area contributed by atoms with Crippen LogP contribution in [-0.4, -0.2) is 37.5 Å². The molecule has 6 nitrogen and oxygen atoms in total. The third kappa shape index (κ3) is 5.97. The number of nitrogens with one attached hydrogen (secondary N) is 2. The van der Waals surface area contributed by atoms with Crippen molar-refractivity contribution in [3.8, 4) is 5.75 Å². The van der Waals surface area contributed by atoms with Crippen molar-refractivity contribution in [2.75, 3.05) is 26.0 Å². The van der Waals surface area contributed by atoms with E-state index in [0.717, 1.165) is 11.1 Å². The maximum absolute atomic E-state index is 12.2. The number of hydrogen-bond donors (Lipinski definition) is 2. The number of likely N-dealkylation sites (N-methyl/N-ethyl adjacent to an activating group) is 1. The van der Waals surface area contributed by atoms with E-state index in [0.29, 0.717) is 23.0 Å². The molecule has 0 bridgehead atoms. The van der Waals surface area contributed by atoms with Gasteiger partial charge in [-0.2, -0.15) is 0 Å². The minimum Gasteiger partial charge on any atom is -0.482 e. The molecule has 3 amide bonds. The first-order valence-corrected chi connectivity index (χ1v) is 8.46. The van der Waals surface area contributed by atoms with Gasteiger partial charge in [-0.1, -0.05) is 29.8 Å². The molecule has 2 rings (SSSR count). The Morgan fingerprint density at radius 3 is 2.46 bits per heavy atom. The number of ether oxygens (including phenoxy) is 1. The van der Waals surface area contributed by atoms with Gasteiger partial charge in [-0.05, 0) is 42.3 Å². The number of aryl methyl sites for hydroxylation is 1. The highest BCUT2D eigenvalue weighted by Gasteiger charge is 2.11. The predicted molar refractivity (Wildman–Crippen MR) is 103 cm³/mol. The van der Waals surface area contributed by atoms with E-state index >= 15 is 0 Å². The van der Waals surface area contributed by atoms with E-state index < -0.39 is 0 Å². The van der Waals surface area contributed by atoms with Crippen molar-refractivity contribution >= 4 is 29.2 Å². The number of carbonyl (C=O) groups excluding carboxylic acids is 2. The Hall–Kier alpha value is -2.73. The van der Waals surface area contributed by atoms with Gasteiger partial charge in [0.05, 0.1) is 5.69 Å². The lowest BCUT2D eigenvalue weighted by Gasteiger charge is -2.15. The Labute approximate surface area is 158 Å². The fourth-order valence-electron chi connectivity index (χ4n) is 2.07. The number of amides is 3. The molecule has 0 aliphatic rings. The Bertz CT molecular complexity index is 776. The second kappa shape index (κ2) is 9.10. The minimum absolute atomic E-state index is 0.0997. The summed E-state index contributed by atoms with van der Waals surface area (Å²) in [6.45, 7) is 2.17. The molecule has 2 aromatic rings. The van der Waals surface area contributed by atoms with Gasteiger partial charge in [-0.15, -0.1) is 0 Å². The average Bonchev–Trinajstić information content (AvgIpc) is 2.61. The number of halogens is 1. The number of carbonyl (C=O) groups is 2. The maximum atomic E-state index is 12.2. The van der Waals surface area contributed by atoms with E-state index in [-0.39, 0.29) is 18.5 Å². The lowest BCUT2D eigenvalue weighted by molar-refractivity contribution is -0.130. The van der Waals surface area contributed by atoms with Crippen LogP contribution in [0.1, 0.15) is 11.1 Å². The number of benzene rings is 2. The van der Waals surface area contributed by atoms with Crippen molar-refractivity contribution < 1.29 is 14.3 Å². The van der Waals surface area contributed by atoms with Crippen molar-refractivity contribution in [3.63, 3.8) is 0 Å². The smallest absolute Gasteiger partial charge is 0.319 e. The first kappa shape index (κ1) is 19.6. The summed E-state index contributed by atoms with van der Waals surface area (Å²) in [6.07, 6.45) is 0. The van der Waals surface area contributed by atoms with Gasteiger partial charge in [-0.3, -0.25) is 4.79 Å². The summed E-state index contributed by atoms with van der Waals surface area (Å²) in [5.74, 6) is 0.284. The van der Waals surface area contributed by atoms with Crippen molar-refractivity contribution in [1.82, 2.24) is 10.2 Å². The summed E-state index contributed by atoms with van der Waals surface area (Å²) in [4.78, 5) is 25.3. The van der Waals surface area contributed by atoms with Gasteiger partial charge in [0.15, 0.2) is 6.61 Å². The number of anilines is 1. The van der Waals surface area contributed by atoms with Crippen LogP contribution in [-0.2, 0) is 11.3 Å². The number of rotatable bonds is 6.